The molecule has 0 atom stereocenters. The molecule has 0 unspecified atom stereocenters. The first kappa shape index (κ1) is 23.8. The van der Waals surface area contributed by atoms with E-state index < -0.39 is 0 Å². The van der Waals surface area contributed by atoms with E-state index in [4.69, 9.17) is 9.47 Å². The fraction of sp³-hybridized carbons (Fsp3) is 0.207. The molecule has 0 aliphatic carbocycles. The first-order chi connectivity index (χ1) is 17.7. The molecular weight excluding hydrogens is 470 g/mol. The Labute approximate surface area is 213 Å². The fourth-order valence-electron chi connectivity index (χ4n) is 3.75. The van der Waals surface area contributed by atoms with Crippen LogP contribution in [-0.2, 0) is 6.61 Å². The van der Waals surface area contributed by atoms with Crippen LogP contribution in [0.3, 0.4) is 0 Å². The molecule has 3 aromatic carbocycles. The summed E-state index contributed by atoms with van der Waals surface area (Å²) in [5.74, 6) is 2.14. The average Bonchev–Trinajstić information content (AvgIpc) is 3.46. The van der Waals surface area contributed by atoms with Gasteiger partial charge >= 0.3 is 0 Å². The summed E-state index contributed by atoms with van der Waals surface area (Å²) in [5.41, 5.74) is 2.71. The quantitative estimate of drug-likeness (QED) is 0.238. The summed E-state index contributed by atoms with van der Waals surface area (Å²) in [6.45, 7) is 3.40. The zero-order valence-corrected chi connectivity index (χ0v) is 20.9. The maximum atomic E-state index is 12.9. The van der Waals surface area contributed by atoms with Crippen LogP contribution in [0.25, 0.3) is 22.4 Å². The van der Waals surface area contributed by atoms with Crippen molar-refractivity contribution in [3.63, 3.8) is 0 Å². The van der Waals surface area contributed by atoms with E-state index >= 15 is 0 Å². The Morgan fingerprint density at radius 3 is 2.33 bits per heavy atom. The third-order valence-electron chi connectivity index (χ3n) is 5.74. The fourth-order valence-corrected chi connectivity index (χ4v) is 4.66. The molecule has 7 heteroatoms. The molecule has 5 rings (SSSR count). The number of hydrogen-bond acceptors (Lipinski definition) is 6. The Balaban J connectivity index is 1.27. The van der Waals surface area contributed by atoms with E-state index in [1.165, 1.54) is 28.7 Å². The predicted molar refractivity (Wildman–Crippen MR) is 144 cm³/mol. The van der Waals surface area contributed by atoms with Crippen molar-refractivity contribution < 1.29 is 9.47 Å². The summed E-state index contributed by atoms with van der Waals surface area (Å²) in [5, 5.41) is 4.45. The van der Waals surface area contributed by atoms with Crippen molar-refractivity contribution in [2.75, 3.05) is 6.61 Å². The molecule has 2 heterocycles. The normalized spacial score (nSPS) is 11.8. The second kappa shape index (κ2) is 11.2. The molecule has 0 saturated carbocycles. The molecule has 0 aliphatic rings. The minimum Gasteiger partial charge on any atom is -0.494 e. The summed E-state index contributed by atoms with van der Waals surface area (Å²) in [6, 6.07) is 25.4. The monoisotopic (exact) mass is 497 g/mol. The molecule has 5 aromatic rings. The Bertz CT molecular complexity index is 1530. The Hall–Kier alpha value is -3.97. The van der Waals surface area contributed by atoms with Crippen molar-refractivity contribution in [3.8, 4) is 22.9 Å². The van der Waals surface area contributed by atoms with Gasteiger partial charge in [-0.25, -0.2) is 0 Å². The van der Waals surface area contributed by atoms with Gasteiger partial charge in [0, 0.05) is 5.56 Å². The lowest BCUT2D eigenvalue weighted by Gasteiger charge is -2.06. The number of thiazole rings is 1. The number of nitrogens with zero attached hydrogens (tertiary/aromatic N) is 3. The van der Waals surface area contributed by atoms with E-state index in [0.717, 1.165) is 34.6 Å². The van der Waals surface area contributed by atoms with Crippen LogP contribution >= 0.6 is 11.3 Å². The van der Waals surface area contributed by atoms with Gasteiger partial charge in [-0.1, -0.05) is 73.6 Å². The maximum Gasteiger partial charge on any atom is 0.291 e. The maximum absolute atomic E-state index is 12.9. The number of hydrogen-bond donors (Lipinski definition) is 0. The third kappa shape index (κ3) is 5.63. The van der Waals surface area contributed by atoms with Crippen molar-refractivity contribution in [2.45, 2.75) is 32.8 Å². The summed E-state index contributed by atoms with van der Waals surface area (Å²) in [7, 11) is 0. The highest BCUT2D eigenvalue weighted by atomic mass is 32.1. The van der Waals surface area contributed by atoms with Gasteiger partial charge in [0.15, 0.2) is 5.82 Å². The predicted octanol–water partition coefficient (Wildman–Crippen LogP) is 5.51. The molecule has 0 radical (unpaired) electrons. The van der Waals surface area contributed by atoms with E-state index in [1.807, 2.05) is 84.9 Å². The van der Waals surface area contributed by atoms with E-state index in [1.54, 1.807) is 0 Å². The van der Waals surface area contributed by atoms with Crippen LogP contribution in [0, 0.1) is 0 Å². The standard InChI is InChI=1S/C29H27N3O3S/c1-2-3-7-18-34-24-16-12-23(13-17-24)27-30-29-32(31-27)28(33)26(36-29)19-21-10-14-25(15-11-21)35-20-22-8-5-4-6-9-22/h4-6,8-17,19H,2-3,7,18,20H2,1H3. The molecule has 0 spiro atoms. The van der Waals surface area contributed by atoms with Gasteiger partial charge in [-0.15, -0.1) is 5.10 Å². The van der Waals surface area contributed by atoms with Gasteiger partial charge in [0.25, 0.3) is 5.56 Å². The lowest BCUT2D eigenvalue weighted by Crippen LogP contribution is -2.23. The molecule has 0 aliphatic heterocycles. The van der Waals surface area contributed by atoms with Gasteiger partial charge in [0.05, 0.1) is 11.1 Å². The number of benzene rings is 3. The minimum absolute atomic E-state index is 0.172. The average molecular weight is 498 g/mol. The van der Waals surface area contributed by atoms with Crippen molar-refractivity contribution >= 4 is 22.4 Å². The summed E-state index contributed by atoms with van der Waals surface area (Å²) in [6.07, 6.45) is 5.24. The van der Waals surface area contributed by atoms with Crippen molar-refractivity contribution in [3.05, 3.63) is 105 Å². The zero-order chi connectivity index (χ0) is 24.7. The molecule has 0 bridgehead atoms. The van der Waals surface area contributed by atoms with Crippen molar-refractivity contribution in [1.29, 1.82) is 0 Å². The van der Waals surface area contributed by atoms with Crippen molar-refractivity contribution in [1.82, 2.24) is 14.6 Å². The Morgan fingerprint density at radius 1 is 0.889 bits per heavy atom. The van der Waals surface area contributed by atoms with Crippen LogP contribution in [-0.4, -0.2) is 21.2 Å². The highest BCUT2D eigenvalue weighted by molar-refractivity contribution is 7.15. The summed E-state index contributed by atoms with van der Waals surface area (Å²) >= 11 is 1.33. The largest absolute Gasteiger partial charge is 0.494 e. The van der Waals surface area contributed by atoms with E-state index in [0.29, 0.717) is 28.5 Å². The first-order valence-corrected chi connectivity index (χ1v) is 12.9. The minimum atomic E-state index is -0.172. The van der Waals surface area contributed by atoms with E-state index in [-0.39, 0.29) is 5.56 Å². The number of fused-ring (bicyclic) bond motifs is 1. The molecule has 6 nitrogen and oxygen atoms in total. The first-order valence-electron chi connectivity index (χ1n) is 12.1. The molecule has 2 aromatic heterocycles. The van der Waals surface area contributed by atoms with Gasteiger partial charge in [0.2, 0.25) is 4.96 Å². The zero-order valence-electron chi connectivity index (χ0n) is 20.1. The van der Waals surface area contributed by atoms with Gasteiger partial charge in [-0.05, 0) is 60.0 Å². The van der Waals surface area contributed by atoms with Crippen LogP contribution < -0.4 is 19.6 Å². The third-order valence-corrected chi connectivity index (χ3v) is 6.70. The summed E-state index contributed by atoms with van der Waals surface area (Å²) in [4.78, 5) is 18.1. The number of aromatic nitrogens is 3. The molecule has 36 heavy (non-hydrogen) atoms. The Morgan fingerprint density at radius 2 is 1.61 bits per heavy atom. The number of unbranched alkanes of at least 4 members (excludes halogenated alkanes) is 2. The number of rotatable bonds is 10. The van der Waals surface area contributed by atoms with Crippen LogP contribution in [0.1, 0.15) is 37.3 Å². The number of ether oxygens (including phenoxy) is 2. The molecule has 0 amide bonds. The van der Waals surface area contributed by atoms with Gasteiger partial charge in [-0.2, -0.15) is 9.50 Å². The SMILES string of the molecule is CCCCCOc1ccc(-c2nc3sc(=Cc4ccc(OCc5ccccc5)cc4)c(=O)n3n2)cc1. The van der Waals surface area contributed by atoms with Crippen molar-refractivity contribution in [2.24, 2.45) is 0 Å². The highest BCUT2D eigenvalue weighted by Crippen LogP contribution is 2.21. The van der Waals surface area contributed by atoms with Crippen LogP contribution in [0.4, 0.5) is 0 Å². The lowest BCUT2D eigenvalue weighted by molar-refractivity contribution is 0.306. The summed E-state index contributed by atoms with van der Waals surface area (Å²) < 4.78 is 13.6. The second-order valence-electron chi connectivity index (χ2n) is 8.47. The molecule has 0 N–H and O–H groups in total. The van der Waals surface area contributed by atoms with Gasteiger partial charge in [-0.3, -0.25) is 4.79 Å². The van der Waals surface area contributed by atoms with Gasteiger partial charge < -0.3 is 9.47 Å². The van der Waals surface area contributed by atoms with E-state index in [9.17, 15) is 4.79 Å². The second-order valence-corrected chi connectivity index (χ2v) is 9.48. The highest BCUT2D eigenvalue weighted by Gasteiger charge is 2.12. The van der Waals surface area contributed by atoms with Gasteiger partial charge in [0.1, 0.15) is 18.1 Å². The topological polar surface area (TPSA) is 65.7 Å². The Kier molecular flexibility index (Phi) is 7.38. The molecular formula is C29H27N3O3S. The smallest absolute Gasteiger partial charge is 0.291 e. The lowest BCUT2D eigenvalue weighted by atomic mass is 10.2. The molecule has 0 fully saturated rings. The van der Waals surface area contributed by atoms with Crippen LogP contribution in [0.2, 0.25) is 0 Å². The molecule has 0 saturated heterocycles. The van der Waals surface area contributed by atoms with Crippen LogP contribution in [0.15, 0.2) is 83.7 Å². The van der Waals surface area contributed by atoms with Crippen LogP contribution in [0.5, 0.6) is 11.5 Å². The molecule has 182 valence electrons. The van der Waals surface area contributed by atoms with E-state index in [2.05, 4.69) is 17.0 Å².